The maximum absolute atomic E-state index is 13.5. The molecule has 4 rings (SSSR count). The number of benzene rings is 1. The lowest BCUT2D eigenvalue weighted by Gasteiger charge is -2.37. The summed E-state index contributed by atoms with van der Waals surface area (Å²) in [6, 6.07) is 10.3. The molecule has 0 bridgehead atoms. The van der Waals surface area contributed by atoms with Gasteiger partial charge in [0.05, 0.1) is 17.1 Å². The number of carbonyl (C=O) groups is 3. The minimum atomic E-state index is -0.772. The molecule has 8 heteroatoms. The Morgan fingerprint density at radius 3 is 2.66 bits per heavy atom. The Morgan fingerprint density at radius 1 is 1.14 bits per heavy atom. The maximum Gasteiger partial charge on any atom is 0.265 e. The Hall–Kier alpha value is -2.87. The van der Waals surface area contributed by atoms with Gasteiger partial charge in [0.2, 0.25) is 5.91 Å². The standard InChI is InChI=1S/C21H23N3O4S/c1-22(2)20(26)17-13-24(14-7-3-4-9-16(14)28-17)19(25)15-8-5-11-23(15)21(27)18-10-6-12-29-18/h3-4,6-7,9-10,12,15,17H,5,8,11,13H2,1-2H3/t15-,17-/m0/s1. The number of anilines is 1. The van der Waals surface area contributed by atoms with E-state index in [0.717, 1.165) is 6.42 Å². The third-order valence-corrected chi connectivity index (χ3v) is 6.14. The minimum Gasteiger partial charge on any atom is -0.476 e. The van der Waals surface area contributed by atoms with E-state index in [2.05, 4.69) is 0 Å². The third-order valence-electron chi connectivity index (χ3n) is 5.29. The molecule has 0 saturated carbocycles. The molecular formula is C21H23N3O4S. The second-order valence-corrected chi connectivity index (χ2v) is 8.34. The first-order valence-electron chi connectivity index (χ1n) is 9.60. The highest BCUT2D eigenvalue weighted by Gasteiger charge is 2.41. The van der Waals surface area contributed by atoms with Crippen molar-refractivity contribution >= 4 is 34.7 Å². The average Bonchev–Trinajstić information content (AvgIpc) is 3.43. The van der Waals surface area contributed by atoms with Gasteiger partial charge < -0.3 is 19.4 Å². The van der Waals surface area contributed by atoms with Crippen LogP contribution in [-0.2, 0) is 9.59 Å². The molecule has 1 aromatic carbocycles. The first kappa shape index (κ1) is 19.4. The zero-order valence-electron chi connectivity index (χ0n) is 16.4. The Bertz CT molecular complexity index is 928. The van der Waals surface area contributed by atoms with Crippen molar-refractivity contribution in [3.8, 4) is 5.75 Å². The lowest BCUT2D eigenvalue weighted by molar-refractivity contribution is -0.136. The number of likely N-dealkylation sites (N-methyl/N-ethyl adjacent to an activating group) is 1. The van der Waals surface area contributed by atoms with Crippen molar-refractivity contribution in [2.45, 2.75) is 25.0 Å². The molecule has 152 valence electrons. The molecule has 29 heavy (non-hydrogen) atoms. The van der Waals surface area contributed by atoms with Crippen LogP contribution in [0.25, 0.3) is 0 Å². The molecule has 3 heterocycles. The summed E-state index contributed by atoms with van der Waals surface area (Å²) in [6.07, 6.45) is 0.619. The van der Waals surface area contributed by atoms with Gasteiger partial charge in [0, 0.05) is 20.6 Å². The lowest BCUT2D eigenvalue weighted by atomic mass is 10.1. The van der Waals surface area contributed by atoms with Gasteiger partial charge in [-0.1, -0.05) is 18.2 Å². The fourth-order valence-corrected chi connectivity index (χ4v) is 4.53. The number of hydrogen-bond acceptors (Lipinski definition) is 5. The van der Waals surface area contributed by atoms with Crippen molar-refractivity contribution in [3.05, 3.63) is 46.7 Å². The first-order chi connectivity index (χ1) is 14.0. The summed E-state index contributed by atoms with van der Waals surface area (Å²) in [6.45, 7) is 0.684. The molecule has 2 aliphatic rings. The van der Waals surface area contributed by atoms with Gasteiger partial charge in [0.15, 0.2) is 6.10 Å². The van der Waals surface area contributed by atoms with Gasteiger partial charge >= 0.3 is 0 Å². The van der Waals surface area contributed by atoms with Gasteiger partial charge in [-0.15, -0.1) is 11.3 Å². The van der Waals surface area contributed by atoms with Crippen molar-refractivity contribution in [3.63, 3.8) is 0 Å². The molecule has 0 spiro atoms. The van der Waals surface area contributed by atoms with Crippen molar-refractivity contribution in [2.75, 3.05) is 32.1 Å². The van der Waals surface area contributed by atoms with E-state index in [1.807, 2.05) is 29.6 Å². The number of likely N-dealkylation sites (tertiary alicyclic amines) is 1. The molecule has 0 unspecified atom stereocenters. The Kier molecular flexibility index (Phi) is 5.27. The predicted octanol–water partition coefficient (Wildman–Crippen LogP) is 2.24. The van der Waals surface area contributed by atoms with Crippen LogP contribution in [0.3, 0.4) is 0 Å². The van der Waals surface area contributed by atoms with E-state index in [1.165, 1.54) is 16.2 Å². The number of hydrogen-bond donors (Lipinski definition) is 0. The van der Waals surface area contributed by atoms with Crippen LogP contribution < -0.4 is 9.64 Å². The number of rotatable bonds is 3. The molecule has 1 saturated heterocycles. The lowest BCUT2D eigenvalue weighted by Crippen LogP contribution is -2.55. The van der Waals surface area contributed by atoms with Crippen LogP contribution in [0.2, 0.25) is 0 Å². The topological polar surface area (TPSA) is 70.2 Å². The van der Waals surface area contributed by atoms with Gasteiger partial charge in [-0.05, 0) is 36.4 Å². The molecule has 2 aliphatic heterocycles. The smallest absolute Gasteiger partial charge is 0.265 e. The maximum atomic E-state index is 13.5. The molecule has 1 fully saturated rings. The fraction of sp³-hybridized carbons (Fsp3) is 0.381. The summed E-state index contributed by atoms with van der Waals surface area (Å²) in [4.78, 5) is 44.3. The predicted molar refractivity (Wildman–Crippen MR) is 110 cm³/mol. The highest BCUT2D eigenvalue weighted by molar-refractivity contribution is 7.12. The van der Waals surface area contributed by atoms with Crippen LogP contribution in [-0.4, -0.2) is 66.9 Å². The summed E-state index contributed by atoms with van der Waals surface area (Å²) in [7, 11) is 3.33. The molecular weight excluding hydrogens is 390 g/mol. The number of carbonyl (C=O) groups excluding carboxylic acids is 3. The van der Waals surface area contributed by atoms with Gasteiger partial charge in [0.25, 0.3) is 11.8 Å². The number of para-hydroxylation sites is 2. The molecule has 1 aromatic heterocycles. The van der Waals surface area contributed by atoms with E-state index < -0.39 is 12.1 Å². The number of thiophene rings is 1. The van der Waals surface area contributed by atoms with Crippen LogP contribution in [0, 0.1) is 0 Å². The normalized spacial score (nSPS) is 20.8. The Morgan fingerprint density at radius 2 is 1.93 bits per heavy atom. The van der Waals surface area contributed by atoms with Crippen molar-refractivity contribution in [1.82, 2.24) is 9.80 Å². The second kappa shape index (κ2) is 7.87. The quantitative estimate of drug-likeness (QED) is 0.774. The van der Waals surface area contributed by atoms with E-state index in [4.69, 9.17) is 4.74 Å². The highest BCUT2D eigenvalue weighted by Crippen LogP contribution is 2.35. The minimum absolute atomic E-state index is 0.113. The third kappa shape index (κ3) is 3.60. The number of fused-ring (bicyclic) bond motifs is 1. The van der Waals surface area contributed by atoms with Gasteiger partial charge in [-0.3, -0.25) is 14.4 Å². The summed E-state index contributed by atoms with van der Waals surface area (Å²) < 4.78 is 5.87. The number of nitrogens with zero attached hydrogens (tertiary/aromatic N) is 3. The fourth-order valence-electron chi connectivity index (χ4n) is 3.85. The van der Waals surface area contributed by atoms with E-state index >= 15 is 0 Å². The van der Waals surface area contributed by atoms with Crippen molar-refractivity contribution < 1.29 is 19.1 Å². The first-order valence-corrected chi connectivity index (χ1v) is 10.5. The molecule has 0 radical (unpaired) electrons. The van der Waals surface area contributed by atoms with E-state index in [9.17, 15) is 14.4 Å². The molecule has 3 amide bonds. The molecule has 0 aliphatic carbocycles. The number of ether oxygens (including phenoxy) is 1. The van der Waals surface area contributed by atoms with Crippen LogP contribution >= 0.6 is 11.3 Å². The summed E-state index contributed by atoms with van der Waals surface area (Å²) >= 11 is 1.38. The highest BCUT2D eigenvalue weighted by atomic mass is 32.1. The largest absolute Gasteiger partial charge is 0.476 e. The second-order valence-electron chi connectivity index (χ2n) is 7.39. The van der Waals surface area contributed by atoms with Crippen molar-refractivity contribution in [2.24, 2.45) is 0 Å². The Balaban J connectivity index is 1.62. The zero-order chi connectivity index (χ0) is 20.5. The SMILES string of the molecule is CN(C)C(=O)[C@@H]1CN(C(=O)[C@@H]2CCCN2C(=O)c2cccs2)c2ccccc2O1. The van der Waals surface area contributed by atoms with Crippen LogP contribution in [0.5, 0.6) is 5.75 Å². The zero-order valence-corrected chi connectivity index (χ0v) is 17.2. The van der Waals surface area contributed by atoms with Gasteiger partial charge in [-0.2, -0.15) is 0 Å². The van der Waals surface area contributed by atoms with Crippen LogP contribution in [0.1, 0.15) is 22.5 Å². The Labute approximate surface area is 173 Å². The van der Waals surface area contributed by atoms with E-state index in [1.54, 1.807) is 36.0 Å². The van der Waals surface area contributed by atoms with E-state index in [-0.39, 0.29) is 24.3 Å². The van der Waals surface area contributed by atoms with Crippen LogP contribution in [0.4, 0.5) is 5.69 Å². The molecule has 7 nitrogen and oxygen atoms in total. The molecule has 0 N–H and O–H groups in total. The van der Waals surface area contributed by atoms with Crippen molar-refractivity contribution in [1.29, 1.82) is 0 Å². The number of amides is 3. The van der Waals surface area contributed by atoms with Gasteiger partial charge in [0.1, 0.15) is 11.8 Å². The average molecular weight is 413 g/mol. The van der Waals surface area contributed by atoms with Crippen LogP contribution in [0.15, 0.2) is 41.8 Å². The van der Waals surface area contributed by atoms with E-state index in [0.29, 0.717) is 29.3 Å². The van der Waals surface area contributed by atoms with Gasteiger partial charge in [-0.25, -0.2) is 0 Å². The molecule has 2 aromatic rings. The summed E-state index contributed by atoms with van der Waals surface area (Å²) in [5.41, 5.74) is 0.635. The summed E-state index contributed by atoms with van der Waals surface area (Å²) in [5.74, 6) is 0.0229. The monoisotopic (exact) mass is 413 g/mol. The summed E-state index contributed by atoms with van der Waals surface area (Å²) in [5, 5.41) is 1.86. The molecule has 2 atom stereocenters.